The van der Waals surface area contributed by atoms with Crippen molar-refractivity contribution in [1.29, 1.82) is 0 Å². The highest BCUT2D eigenvalue weighted by molar-refractivity contribution is 5.25. The Morgan fingerprint density at radius 2 is 2.16 bits per heavy atom. The number of hydrazine groups is 1. The Hall–Kier alpha value is -1.79. The quantitative estimate of drug-likeness (QED) is 0.585. The van der Waals surface area contributed by atoms with Crippen molar-refractivity contribution in [3.05, 3.63) is 41.2 Å². The van der Waals surface area contributed by atoms with Crippen LogP contribution in [0.5, 0.6) is 0 Å². The monoisotopic (exact) mass is 260 g/mol. The lowest BCUT2D eigenvalue weighted by Crippen LogP contribution is -2.37. The average Bonchev–Trinajstić information content (AvgIpc) is 2.81. The molecule has 1 aromatic heterocycles. The second kappa shape index (κ2) is 6.40. The molecule has 102 valence electrons. The molecule has 0 aliphatic carbocycles. The van der Waals surface area contributed by atoms with Gasteiger partial charge >= 0.3 is 0 Å². The first-order chi connectivity index (χ1) is 9.19. The minimum atomic E-state index is 0.156. The van der Waals surface area contributed by atoms with Crippen LogP contribution in [0.15, 0.2) is 24.3 Å². The standard InChI is InChI=1S/C13H20N6/c1-10-5-3-4-6-11(10)7-8-12(15-14)9-13-16-18-19(2)17-13/h3-6,12,15H,7-9,14H2,1-2H3. The van der Waals surface area contributed by atoms with E-state index < -0.39 is 0 Å². The summed E-state index contributed by atoms with van der Waals surface area (Å²) in [5, 5.41) is 12.0. The van der Waals surface area contributed by atoms with Crippen LogP contribution in [0.2, 0.25) is 0 Å². The fourth-order valence-corrected chi connectivity index (χ4v) is 2.09. The van der Waals surface area contributed by atoms with Gasteiger partial charge in [0.15, 0.2) is 5.82 Å². The number of benzene rings is 1. The second-order valence-electron chi connectivity index (χ2n) is 4.73. The highest BCUT2D eigenvalue weighted by Gasteiger charge is 2.12. The molecule has 19 heavy (non-hydrogen) atoms. The van der Waals surface area contributed by atoms with Crippen LogP contribution in [0.4, 0.5) is 0 Å². The lowest BCUT2D eigenvalue weighted by molar-refractivity contribution is 0.480. The first kappa shape index (κ1) is 13.6. The van der Waals surface area contributed by atoms with Gasteiger partial charge in [0.25, 0.3) is 0 Å². The topological polar surface area (TPSA) is 81.7 Å². The molecule has 2 aromatic rings. The number of tetrazole rings is 1. The molecule has 6 heteroatoms. The van der Waals surface area contributed by atoms with Gasteiger partial charge in [-0.1, -0.05) is 24.3 Å². The molecule has 0 aliphatic heterocycles. The van der Waals surface area contributed by atoms with E-state index in [4.69, 9.17) is 5.84 Å². The number of aryl methyl sites for hydroxylation is 3. The van der Waals surface area contributed by atoms with E-state index in [1.54, 1.807) is 7.05 Å². The predicted molar refractivity (Wildman–Crippen MR) is 73.1 cm³/mol. The van der Waals surface area contributed by atoms with Crippen molar-refractivity contribution in [2.24, 2.45) is 12.9 Å². The molecule has 3 N–H and O–H groups in total. The summed E-state index contributed by atoms with van der Waals surface area (Å²) < 4.78 is 0. The highest BCUT2D eigenvalue weighted by Crippen LogP contribution is 2.11. The van der Waals surface area contributed by atoms with E-state index in [0.717, 1.165) is 18.7 Å². The van der Waals surface area contributed by atoms with Crippen molar-refractivity contribution >= 4 is 0 Å². The molecule has 1 unspecified atom stereocenters. The van der Waals surface area contributed by atoms with Crippen LogP contribution in [0.1, 0.15) is 23.4 Å². The molecule has 0 saturated carbocycles. The molecule has 0 aliphatic rings. The Labute approximate surface area is 113 Å². The molecular weight excluding hydrogens is 240 g/mol. The fraction of sp³-hybridized carbons (Fsp3) is 0.462. The van der Waals surface area contributed by atoms with Crippen LogP contribution < -0.4 is 11.3 Å². The summed E-state index contributed by atoms with van der Waals surface area (Å²) in [6.07, 6.45) is 2.62. The maximum Gasteiger partial charge on any atom is 0.176 e. The number of hydrogen-bond acceptors (Lipinski definition) is 5. The van der Waals surface area contributed by atoms with Gasteiger partial charge in [-0.25, -0.2) is 0 Å². The molecule has 1 aromatic carbocycles. The normalized spacial score (nSPS) is 12.6. The summed E-state index contributed by atoms with van der Waals surface area (Å²) >= 11 is 0. The molecular formula is C13H20N6. The zero-order valence-corrected chi connectivity index (χ0v) is 11.4. The molecule has 1 heterocycles. The average molecular weight is 260 g/mol. The maximum atomic E-state index is 5.60. The van der Waals surface area contributed by atoms with Crippen LogP contribution in [0.3, 0.4) is 0 Å². The number of nitrogens with two attached hydrogens (primary N) is 1. The summed E-state index contributed by atoms with van der Waals surface area (Å²) in [7, 11) is 1.76. The van der Waals surface area contributed by atoms with E-state index in [1.807, 2.05) is 0 Å². The van der Waals surface area contributed by atoms with E-state index in [0.29, 0.717) is 6.42 Å². The van der Waals surface area contributed by atoms with Gasteiger partial charge in [-0.05, 0) is 36.1 Å². The Kier molecular flexibility index (Phi) is 4.59. The Balaban J connectivity index is 1.91. The molecule has 0 amide bonds. The Morgan fingerprint density at radius 1 is 1.37 bits per heavy atom. The number of rotatable bonds is 6. The summed E-state index contributed by atoms with van der Waals surface area (Å²) in [6, 6.07) is 8.57. The van der Waals surface area contributed by atoms with Crippen molar-refractivity contribution in [1.82, 2.24) is 25.6 Å². The van der Waals surface area contributed by atoms with Gasteiger partial charge in [-0.15, -0.1) is 10.2 Å². The molecule has 0 radical (unpaired) electrons. The van der Waals surface area contributed by atoms with Crippen LogP contribution in [0.25, 0.3) is 0 Å². The number of hydrogen-bond donors (Lipinski definition) is 2. The fourth-order valence-electron chi connectivity index (χ4n) is 2.09. The van der Waals surface area contributed by atoms with Crippen molar-refractivity contribution in [3.8, 4) is 0 Å². The van der Waals surface area contributed by atoms with E-state index >= 15 is 0 Å². The van der Waals surface area contributed by atoms with Gasteiger partial charge in [0, 0.05) is 12.5 Å². The zero-order valence-electron chi connectivity index (χ0n) is 11.4. The van der Waals surface area contributed by atoms with Crippen molar-refractivity contribution in [3.63, 3.8) is 0 Å². The molecule has 1 atom stereocenters. The summed E-state index contributed by atoms with van der Waals surface area (Å²) in [5.74, 6) is 6.31. The third kappa shape index (κ3) is 3.84. The molecule has 0 saturated heterocycles. The Morgan fingerprint density at radius 3 is 2.79 bits per heavy atom. The van der Waals surface area contributed by atoms with Gasteiger partial charge < -0.3 is 0 Å². The minimum absolute atomic E-state index is 0.156. The molecule has 2 rings (SSSR count). The number of nitrogens with zero attached hydrogens (tertiary/aromatic N) is 4. The molecule has 0 fully saturated rings. The zero-order chi connectivity index (χ0) is 13.7. The van der Waals surface area contributed by atoms with E-state index in [1.165, 1.54) is 15.9 Å². The van der Waals surface area contributed by atoms with Gasteiger partial charge in [0.1, 0.15) is 0 Å². The van der Waals surface area contributed by atoms with E-state index in [2.05, 4.69) is 52.0 Å². The second-order valence-corrected chi connectivity index (χ2v) is 4.73. The minimum Gasteiger partial charge on any atom is -0.271 e. The third-order valence-corrected chi connectivity index (χ3v) is 3.24. The summed E-state index contributed by atoms with van der Waals surface area (Å²) in [6.45, 7) is 2.13. The highest BCUT2D eigenvalue weighted by atomic mass is 15.6. The van der Waals surface area contributed by atoms with Gasteiger partial charge in [0.2, 0.25) is 0 Å². The van der Waals surface area contributed by atoms with Gasteiger partial charge in [-0.2, -0.15) is 4.80 Å². The van der Waals surface area contributed by atoms with E-state index in [9.17, 15) is 0 Å². The van der Waals surface area contributed by atoms with Crippen molar-refractivity contribution in [2.45, 2.75) is 32.2 Å². The van der Waals surface area contributed by atoms with E-state index in [-0.39, 0.29) is 6.04 Å². The first-order valence-electron chi connectivity index (χ1n) is 6.42. The smallest absolute Gasteiger partial charge is 0.176 e. The summed E-state index contributed by atoms with van der Waals surface area (Å²) in [5.41, 5.74) is 5.50. The largest absolute Gasteiger partial charge is 0.271 e. The van der Waals surface area contributed by atoms with Gasteiger partial charge in [0.05, 0.1) is 7.05 Å². The van der Waals surface area contributed by atoms with Crippen LogP contribution in [-0.4, -0.2) is 26.2 Å². The van der Waals surface area contributed by atoms with Gasteiger partial charge in [-0.3, -0.25) is 11.3 Å². The first-order valence-corrected chi connectivity index (χ1v) is 6.42. The lowest BCUT2D eigenvalue weighted by atomic mass is 10.00. The molecule has 0 spiro atoms. The maximum absolute atomic E-state index is 5.60. The SMILES string of the molecule is Cc1ccccc1CCC(Cc1nnn(C)n1)NN. The van der Waals surface area contributed by atoms with Crippen LogP contribution in [-0.2, 0) is 19.9 Å². The predicted octanol–water partition coefficient (Wildman–Crippen LogP) is 0.526. The van der Waals surface area contributed by atoms with Crippen molar-refractivity contribution < 1.29 is 0 Å². The third-order valence-electron chi connectivity index (χ3n) is 3.24. The Bertz CT molecular complexity index is 521. The molecule has 0 bridgehead atoms. The lowest BCUT2D eigenvalue weighted by Gasteiger charge is -2.14. The number of aromatic nitrogens is 4. The van der Waals surface area contributed by atoms with Crippen LogP contribution in [0, 0.1) is 6.92 Å². The number of nitrogens with one attached hydrogen (secondary N) is 1. The molecule has 6 nitrogen and oxygen atoms in total. The summed E-state index contributed by atoms with van der Waals surface area (Å²) in [4.78, 5) is 1.46. The van der Waals surface area contributed by atoms with Crippen molar-refractivity contribution in [2.75, 3.05) is 0 Å². The van der Waals surface area contributed by atoms with Crippen LogP contribution >= 0.6 is 0 Å².